The highest BCUT2D eigenvalue weighted by Crippen LogP contribution is 2.11. The van der Waals surface area contributed by atoms with E-state index in [0.717, 1.165) is 19.3 Å². The first-order valence-corrected chi connectivity index (χ1v) is 14.7. The molecule has 0 rings (SSSR count). The maximum atomic E-state index is 12.9. The van der Waals surface area contributed by atoms with Crippen molar-refractivity contribution in [2.24, 2.45) is 0 Å². The Kier molecular flexibility index (Phi) is 22.3. The molecule has 0 aliphatic rings. The Bertz CT molecular complexity index is 710. The standard InChI is InChI=1S/C28H52N4O9/c1-3-4-5-6-7-8-9-10-11-12-13-14-29(2)24(33)19-30(15-17-31(20-25(34)35)21-26(36)37)16-18-32(22-27(38)39)23-28(40)41/h3-23H2,1-2H3,(H,34,35)(H,36,37)(H,38,39)(H,40,41). The Morgan fingerprint density at radius 3 is 1.10 bits per heavy atom. The van der Waals surface area contributed by atoms with E-state index in [9.17, 15) is 24.0 Å². The number of unbranched alkanes of at least 4 members (excludes halogenated alkanes) is 10. The zero-order valence-corrected chi connectivity index (χ0v) is 25.0. The highest BCUT2D eigenvalue weighted by Gasteiger charge is 2.20. The quantitative estimate of drug-likeness (QED) is 0.0978. The van der Waals surface area contributed by atoms with E-state index >= 15 is 0 Å². The Balaban J connectivity index is 4.85. The molecule has 0 aromatic carbocycles. The summed E-state index contributed by atoms with van der Waals surface area (Å²) in [7, 11) is 1.71. The van der Waals surface area contributed by atoms with Gasteiger partial charge in [0.25, 0.3) is 0 Å². The monoisotopic (exact) mass is 588 g/mol. The Labute approximate surface area is 244 Å². The largest absolute Gasteiger partial charge is 0.480 e. The van der Waals surface area contributed by atoms with Crippen molar-refractivity contribution in [2.75, 3.05) is 72.5 Å². The second-order valence-electron chi connectivity index (χ2n) is 10.6. The molecule has 13 nitrogen and oxygen atoms in total. The van der Waals surface area contributed by atoms with Gasteiger partial charge >= 0.3 is 23.9 Å². The molecule has 0 bridgehead atoms. The average Bonchev–Trinajstić information content (AvgIpc) is 2.86. The van der Waals surface area contributed by atoms with E-state index < -0.39 is 50.1 Å². The van der Waals surface area contributed by atoms with Gasteiger partial charge in [-0.2, -0.15) is 0 Å². The Morgan fingerprint density at radius 2 is 0.756 bits per heavy atom. The summed E-state index contributed by atoms with van der Waals surface area (Å²) in [6.45, 7) is 1.18. The molecule has 0 heterocycles. The molecule has 0 aliphatic heterocycles. The number of carbonyl (C=O) groups excluding carboxylic acids is 1. The van der Waals surface area contributed by atoms with Crippen LogP contribution in [0.15, 0.2) is 0 Å². The highest BCUT2D eigenvalue weighted by molar-refractivity contribution is 5.78. The summed E-state index contributed by atoms with van der Waals surface area (Å²) in [5, 5.41) is 36.4. The van der Waals surface area contributed by atoms with Crippen molar-refractivity contribution >= 4 is 29.8 Å². The summed E-state index contributed by atoms with van der Waals surface area (Å²) in [6, 6.07) is 0. The molecule has 0 unspecified atom stereocenters. The first kappa shape index (κ1) is 38.2. The van der Waals surface area contributed by atoms with Crippen LogP contribution >= 0.6 is 0 Å². The molecule has 0 fully saturated rings. The van der Waals surface area contributed by atoms with Gasteiger partial charge in [0.15, 0.2) is 0 Å². The molecule has 4 N–H and O–H groups in total. The van der Waals surface area contributed by atoms with Crippen molar-refractivity contribution in [1.29, 1.82) is 0 Å². The molecule has 0 atom stereocenters. The van der Waals surface area contributed by atoms with Gasteiger partial charge in [0.2, 0.25) is 5.91 Å². The molecule has 13 heteroatoms. The van der Waals surface area contributed by atoms with Crippen LogP contribution in [0, 0.1) is 0 Å². The SMILES string of the molecule is CCCCCCCCCCCCCN(C)C(=O)CN(CCN(CC(=O)O)CC(=O)O)CCN(CC(=O)O)CC(=O)O. The second-order valence-corrected chi connectivity index (χ2v) is 10.6. The van der Waals surface area contributed by atoms with E-state index in [1.54, 1.807) is 16.8 Å². The summed E-state index contributed by atoms with van der Waals surface area (Å²) in [5.41, 5.74) is 0. The van der Waals surface area contributed by atoms with Crippen molar-refractivity contribution in [3.05, 3.63) is 0 Å². The number of hydrogen-bond acceptors (Lipinski definition) is 8. The van der Waals surface area contributed by atoms with Crippen LogP contribution in [-0.4, -0.2) is 142 Å². The highest BCUT2D eigenvalue weighted by atomic mass is 16.4. The lowest BCUT2D eigenvalue weighted by molar-refractivity contribution is -0.143. The van der Waals surface area contributed by atoms with E-state index in [1.807, 2.05) is 0 Å². The fourth-order valence-corrected chi connectivity index (χ4v) is 4.48. The summed E-state index contributed by atoms with van der Waals surface area (Å²) in [6.07, 6.45) is 13.2. The van der Waals surface area contributed by atoms with E-state index in [1.165, 1.54) is 61.2 Å². The van der Waals surface area contributed by atoms with Crippen LogP contribution in [0.5, 0.6) is 0 Å². The van der Waals surface area contributed by atoms with Gasteiger partial charge in [0.05, 0.1) is 32.7 Å². The molecule has 0 saturated carbocycles. The lowest BCUT2D eigenvalue weighted by Gasteiger charge is -2.29. The minimum atomic E-state index is -1.19. The number of aliphatic carboxylic acids is 4. The molecule has 0 radical (unpaired) electrons. The Morgan fingerprint density at radius 1 is 0.439 bits per heavy atom. The smallest absolute Gasteiger partial charge is 0.317 e. The van der Waals surface area contributed by atoms with Gasteiger partial charge in [-0.15, -0.1) is 0 Å². The molecule has 0 aromatic rings. The van der Waals surface area contributed by atoms with Crippen LogP contribution in [0.4, 0.5) is 0 Å². The normalized spacial score (nSPS) is 11.3. The minimum absolute atomic E-state index is 0.0451. The van der Waals surface area contributed by atoms with Crippen molar-refractivity contribution < 1.29 is 44.4 Å². The number of carbonyl (C=O) groups is 5. The number of rotatable bonds is 28. The van der Waals surface area contributed by atoms with Gasteiger partial charge in [0.1, 0.15) is 0 Å². The van der Waals surface area contributed by atoms with Gasteiger partial charge in [-0.05, 0) is 6.42 Å². The van der Waals surface area contributed by atoms with Gasteiger partial charge in [-0.25, -0.2) is 0 Å². The van der Waals surface area contributed by atoms with Crippen molar-refractivity contribution in [2.45, 2.75) is 77.6 Å². The van der Waals surface area contributed by atoms with Crippen molar-refractivity contribution in [3.8, 4) is 0 Å². The molecule has 0 aliphatic carbocycles. The predicted molar refractivity (Wildman–Crippen MR) is 154 cm³/mol. The lowest BCUT2D eigenvalue weighted by atomic mass is 10.1. The van der Waals surface area contributed by atoms with Crippen LogP contribution < -0.4 is 0 Å². The van der Waals surface area contributed by atoms with Crippen LogP contribution in [0.2, 0.25) is 0 Å². The fraction of sp³-hybridized carbons (Fsp3) is 0.821. The fourth-order valence-electron chi connectivity index (χ4n) is 4.48. The molecule has 1 amide bonds. The summed E-state index contributed by atoms with van der Waals surface area (Å²) < 4.78 is 0. The third-order valence-corrected chi connectivity index (χ3v) is 6.78. The average molecular weight is 589 g/mol. The van der Waals surface area contributed by atoms with E-state index in [0.29, 0.717) is 6.54 Å². The van der Waals surface area contributed by atoms with Gasteiger partial charge < -0.3 is 25.3 Å². The van der Waals surface area contributed by atoms with Crippen LogP contribution in [0.1, 0.15) is 77.6 Å². The number of hydrogen-bond donors (Lipinski definition) is 4. The molecule has 0 spiro atoms. The van der Waals surface area contributed by atoms with Crippen molar-refractivity contribution in [3.63, 3.8) is 0 Å². The molecular formula is C28H52N4O9. The summed E-state index contributed by atoms with van der Waals surface area (Å²) in [4.78, 5) is 63.3. The molecular weight excluding hydrogens is 536 g/mol. The maximum Gasteiger partial charge on any atom is 0.317 e. The third-order valence-electron chi connectivity index (χ3n) is 6.78. The summed E-state index contributed by atoms with van der Waals surface area (Å²) in [5.74, 6) is -4.92. The van der Waals surface area contributed by atoms with Crippen LogP contribution in [-0.2, 0) is 24.0 Å². The van der Waals surface area contributed by atoms with Gasteiger partial charge in [-0.1, -0.05) is 71.1 Å². The number of amides is 1. The van der Waals surface area contributed by atoms with Crippen LogP contribution in [0.25, 0.3) is 0 Å². The van der Waals surface area contributed by atoms with Crippen LogP contribution in [0.3, 0.4) is 0 Å². The predicted octanol–water partition coefficient (Wildman–Crippen LogP) is 2.00. The maximum absolute atomic E-state index is 12.9. The second kappa shape index (κ2) is 23.9. The zero-order valence-electron chi connectivity index (χ0n) is 25.0. The van der Waals surface area contributed by atoms with E-state index in [4.69, 9.17) is 20.4 Å². The first-order valence-electron chi connectivity index (χ1n) is 14.7. The number of carboxylic acids is 4. The zero-order chi connectivity index (χ0) is 31.0. The van der Waals surface area contributed by atoms with Crippen molar-refractivity contribution in [1.82, 2.24) is 19.6 Å². The van der Waals surface area contributed by atoms with Gasteiger partial charge in [0, 0.05) is 39.8 Å². The molecule has 0 aromatic heterocycles. The first-order chi connectivity index (χ1) is 19.4. The minimum Gasteiger partial charge on any atom is -0.480 e. The molecule has 41 heavy (non-hydrogen) atoms. The number of likely N-dealkylation sites (N-methyl/N-ethyl adjacent to an activating group) is 1. The topological polar surface area (TPSA) is 179 Å². The number of nitrogens with zero attached hydrogens (tertiary/aromatic N) is 4. The van der Waals surface area contributed by atoms with E-state index in [-0.39, 0.29) is 38.6 Å². The molecule has 0 saturated heterocycles. The Hall–Kier alpha value is -2.77. The molecule has 238 valence electrons. The lowest BCUT2D eigenvalue weighted by Crippen LogP contribution is -2.47. The van der Waals surface area contributed by atoms with E-state index in [2.05, 4.69) is 6.92 Å². The van der Waals surface area contributed by atoms with Gasteiger partial charge in [-0.3, -0.25) is 38.7 Å². The third kappa shape index (κ3) is 23.6. The number of carboxylic acid groups (broad SMARTS) is 4. The summed E-state index contributed by atoms with van der Waals surface area (Å²) >= 11 is 0.